The Bertz CT molecular complexity index is 397. The summed E-state index contributed by atoms with van der Waals surface area (Å²) in [5.74, 6) is 1.27. The maximum Gasteiger partial charge on any atom is 0.150 e. The van der Waals surface area contributed by atoms with Crippen molar-refractivity contribution in [1.82, 2.24) is 4.98 Å². The summed E-state index contributed by atoms with van der Waals surface area (Å²) in [5.41, 5.74) is 0. The third kappa shape index (κ3) is 4.69. The predicted molar refractivity (Wildman–Crippen MR) is 79.8 cm³/mol. The molecule has 1 aromatic rings. The summed E-state index contributed by atoms with van der Waals surface area (Å²) >= 11 is 12.3. The van der Waals surface area contributed by atoms with Crippen molar-refractivity contribution in [3.63, 3.8) is 0 Å². The molecule has 5 nitrogen and oxygen atoms in total. The minimum absolute atomic E-state index is 0.495. The first kappa shape index (κ1) is 16.3. The van der Waals surface area contributed by atoms with Crippen LogP contribution in [0.5, 0.6) is 0 Å². The Morgan fingerprint density at radius 1 is 1.16 bits per heavy atom. The van der Waals surface area contributed by atoms with Gasteiger partial charge in [0.2, 0.25) is 0 Å². The largest absolute Gasteiger partial charge is 0.383 e. The molecule has 0 unspecified atom stereocenters. The van der Waals surface area contributed by atoms with Crippen LogP contribution in [-0.4, -0.2) is 52.6 Å². The maximum absolute atomic E-state index is 6.21. The van der Waals surface area contributed by atoms with E-state index in [1.807, 2.05) is 4.90 Å². The van der Waals surface area contributed by atoms with E-state index in [4.69, 9.17) is 32.7 Å². The number of hydrogen-bond donors (Lipinski definition) is 1. The number of ether oxygens (including phenoxy) is 2. The molecule has 0 aliphatic heterocycles. The van der Waals surface area contributed by atoms with Gasteiger partial charge in [-0.05, 0) is 6.07 Å². The molecule has 0 bridgehead atoms. The van der Waals surface area contributed by atoms with Crippen LogP contribution >= 0.6 is 23.2 Å². The van der Waals surface area contributed by atoms with Gasteiger partial charge in [-0.3, -0.25) is 0 Å². The van der Waals surface area contributed by atoms with Gasteiger partial charge in [0.1, 0.15) is 11.6 Å². The van der Waals surface area contributed by atoms with Gasteiger partial charge in [-0.15, -0.1) is 0 Å². The van der Waals surface area contributed by atoms with Crippen molar-refractivity contribution in [2.45, 2.75) is 0 Å². The van der Waals surface area contributed by atoms with E-state index >= 15 is 0 Å². The fraction of sp³-hybridized carbons (Fsp3) is 0.583. The highest BCUT2D eigenvalue weighted by Gasteiger charge is 2.15. The van der Waals surface area contributed by atoms with Crippen molar-refractivity contribution in [3.05, 3.63) is 16.1 Å². The molecule has 1 rings (SSSR count). The van der Waals surface area contributed by atoms with Crippen LogP contribution in [0.25, 0.3) is 0 Å². The Labute approximate surface area is 123 Å². The van der Waals surface area contributed by atoms with E-state index in [-0.39, 0.29) is 0 Å². The molecule has 108 valence electrons. The van der Waals surface area contributed by atoms with E-state index in [2.05, 4.69) is 10.3 Å². The molecule has 1 heterocycles. The highest BCUT2D eigenvalue weighted by atomic mass is 35.5. The summed E-state index contributed by atoms with van der Waals surface area (Å²) in [4.78, 5) is 6.44. The molecular formula is C12H19Cl2N3O2. The summed E-state index contributed by atoms with van der Waals surface area (Å²) in [7, 11) is 5.08. The van der Waals surface area contributed by atoms with Gasteiger partial charge in [-0.25, -0.2) is 4.98 Å². The van der Waals surface area contributed by atoms with Crippen LogP contribution in [0.3, 0.4) is 0 Å². The molecule has 19 heavy (non-hydrogen) atoms. The molecule has 7 heteroatoms. The predicted octanol–water partition coefficient (Wildman–Crippen LogP) is 2.53. The number of nitrogens with one attached hydrogen (secondary N) is 1. The molecule has 0 spiro atoms. The summed E-state index contributed by atoms with van der Waals surface area (Å²) in [5, 5.41) is 3.94. The van der Waals surface area contributed by atoms with Gasteiger partial charge in [0.25, 0.3) is 0 Å². The van der Waals surface area contributed by atoms with Crippen molar-refractivity contribution < 1.29 is 9.47 Å². The molecule has 0 saturated heterocycles. The highest BCUT2D eigenvalue weighted by Crippen LogP contribution is 2.31. The Balaban J connectivity index is 2.98. The minimum Gasteiger partial charge on any atom is -0.383 e. The average Bonchev–Trinajstić information content (AvgIpc) is 2.40. The number of rotatable bonds is 8. The highest BCUT2D eigenvalue weighted by molar-refractivity contribution is 6.37. The van der Waals surface area contributed by atoms with Crippen LogP contribution in [0, 0.1) is 0 Å². The Morgan fingerprint density at radius 2 is 1.74 bits per heavy atom. The maximum atomic E-state index is 6.21. The molecule has 0 fully saturated rings. The number of nitrogens with zero attached hydrogens (tertiary/aromatic N) is 2. The van der Waals surface area contributed by atoms with E-state index in [1.54, 1.807) is 27.3 Å². The molecule has 1 N–H and O–H groups in total. The summed E-state index contributed by atoms with van der Waals surface area (Å²) < 4.78 is 10.2. The van der Waals surface area contributed by atoms with Gasteiger partial charge < -0.3 is 19.7 Å². The van der Waals surface area contributed by atoms with Crippen molar-refractivity contribution in [1.29, 1.82) is 0 Å². The zero-order chi connectivity index (χ0) is 14.3. The van der Waals surface area contributed by atoms with Gasteiger partial charge in [-0.2, -0.15) is 0 Å². The van der Waals surface area contributed by atoms with Crippen LogP contribution in [0.1, 0.15) is 0 Å². The Kier molecular flexibility index (Phi) is 7.23. The second-order valence-electron chi connectivity index (χ2n) is 3.85. The molecule has 1 aromatic heterocycles. The minimum atomic E-state index is 0.495. The summed E-state index contributed by atoms with van der Waals surface area (Å²) in [6.45, 7) is 2.52. The summed E-state index contributed by atoms with van der Waals surface area (Å²) in [6, 6.07) is 1.68. The topological polar surface area (TPSA) is 46.6 Å². The first-order valence-electron chi connectivity index (χ1n) is 5.90. The van der Waals surface area contributed by atoms with Gasteiger partial charge in [-0.1, -0.05) is 23.2 Å². The number of pyridine rings is 1. The smallest absolute Gasteiger partial charge is 0.150 e. The Morgan fingerprint density at radius 3 is 2.21 bits per heavy atom. The fourth-order valence-corrected chi connectivity index (χ4v) is 2.15. The number of halogens is 2. The first-order valence-corrected chi connectivity index (χ1v) is 6.66. The quantitative estimate of drug-likeness (QED) is 0.799. The third-order valence-electron chi connectivity index (χ3n) is 2.58. The summed E-state index contributed by atoms with van der Waals surface area (Å²) in [6.07, 6.45) is 0. The van der Waals surface area contributed by atoms with E-state index < -0.39 is 0 Å². The lowest BCUT2D eigenvalue weighted by molar-refractivity contribution is 0.190. The van der Waals surface area contributed by atoms with Crippen molar-refractivity contribution in [2.75, 3.05) is 57.8 Å². The molecule has 0 aromatic carbocycles. The molecule has 0 atom stereocenters. The van der Waals surface area contributed by atoms with Crippen LogP contribution in [-0.2, 0) is 9.47 Å². The number of methoxy groups -OCH3 is 2. The standard InChI is InChI=1S/C12H19Cl2N3O2/c1-15-11-9(13)8-10(14)12(16-11)17(4-6-18-2)5-7-19-3/h8H,4-7H2,1-3H3,(H,15,16). The Hall–Kier alpha value is -0.750. The van der Waals surface area contributed by atoms with E-state index in [0.717, 1.165) is 0 Å². The monoisotopic (exact) mass is 307 g/mol. The van der Waals surface area contributed by atoms with Crippen molar-refractivity contribution in [3.8, 4) is 0 Å². The SMILES string of the molecule is CNc1nc(N(CCOC)CCOC)c(Cl)cc1Cl. The fourth-order valence-electron chi connectivity index (χ4n) is 1.58. The molecule has 0 radical (unpaired) electrons. The van der Waals surface area contributed by atoms with E-state index in [9.17, 15) is 0 Å². The lowest BCUT2D eigenvalue weighted by atomic mass is 10.3. The molecule has 0 aliphatic carbocycles. The second kappa shape index (κ2) is 8.43. The third-order valence-corrected chi connectivity index (χ3v) is 3.14. The van der Waals surface area contributed by atoms with Gasteiger partial charge >= 0.3 is 0 Å². The van der Waals surface area contributed by atoms with E-state index in [0.29, 0.717) is 48.0 Å². The van der Waals surface area contributed by atoms with Crippen LogP contribution < -0.4 is 10.2 Å². The van der Waals surface area contributed by atoms with E-state index in [1.165, 1.54) is 0 Å². The number of aromatic nitrogens is 1. The van der Waals surface area contributed by atoms with Crippen molar-refractivity contribution >= 4 is 34.8 Å². The lowest BCUT2D eigenvalue weighted by Gasteiger charge is -2.24. The zero-order valence-corrected chi connectivity index (χ0v) is 12.9. The normalized spacial score (nSPS) is 10.6. The van der Waals surface area contributed by atoms with Gasteiger partial charge in [0.15, 0.2) is 0 Å². The van der Waals surface area contributed by atoms with Crippen LogP contribution in [0.15, 0.2) is 6.07 Å². The van der Waals surface area contributed by atoms with Gasteiger partial charge in [0, 0.05) is 34.4 Å². The second-order valence-corrected chi connectivity index (χ2v) is 4.66. The molecule has 0 saturated carbocycles. The molecule has 0 aliphatic rings. The average molecular weight is 308 g/mol. The van der Waals surface area contributed by atoms with Crippen molar-refractivity contribution in [2.24, 2.45) is 0 Å². The zero-order valence-electron chi connectivity index (χ0n) is 11.4. The molecule has 0 amide bonds. The van der Waals surface area contributed by atoms with Crippen LogP contribution in [0.4, 0.5) is 11.6 Å². The molecular weight excluding hydrogens is 289 g/mol. The number of anilines is 2. The first-order chi connectivity index (χ1) is 9.13. The van der Waals surface area contributed by atoms with Crippen LogP contribution in [0.2, 0.25) is 10.0 Å². The number of hydrogen-bond acceptors (Lipinski definition) is 5. The van der Waals surface area contributed by atoms with Gasteiger partial charge in [0.05, 0.1) is 23.3 Å². The lowest BCUT2D eigenvalue weighted by Crippen LogP contribution is -2.31.